The molecule has 2 aromatic carbocycles. The van der Waals surface area contributed by atoms with Crippen molar-refractivity contribution in [3.8, 4) is 0 Å². The molecule has 2 N–H and O–H groups in total. The summed E-state index contributed by atoms with van der Waals surface area (Å²) in [6.45, 7) is 8.76. The van der Waals surface area contributed by atoms with Crippen LogP contribution in [0.15, 0.2) is 42.5 Å². The first-order valence-electron chi connectivity index (χ1n) is 10.7. The zero-order valence-corrected chi connectivity index (χ0v) is 18.2. The molecule has 0 aliphatic heterocycles. The molecule has 4 nitrogen and oxygen atoms in total. The van der Waals surface area contributed by atoms with Crippen molar-refractivity contribution in [1.29, 1.82) is 0 Å². The number of ether oxygens (including phenoxy) is 1. The molecule has 1 amide bonds. The first-order valence-corrected chi connectivity index (χ1v) is 10.7. The van der Waals surface area contributed by atoms with E-state index in [-0.39, 0.29) is 30.6 Å². The molecule has 0 saturated carbocycles. The van der Waals surface area contributed by atoms with Gasteiger partial charge in [-0.1, -0.05) is 70.2 Å². The van der Waals surface area contributed by atoms with E-state index in [9.17, 15) is 9.59 Å². The van der Waals surface area contributed by atoms with Crippen LogP contribution < -0.4 is 5.73 Å². The van der Waals surface area contributed by atoms with Crippen molar-refractivity contribution >= 4 is 22.6 Å². The fraction of sp³-hybridized carbons (Fsp3) is 0.520. The SMILES string of the molecule is CCC(CC(N)=O)(CC(=O)OCCC(C)c1cccc2ccccc12)CC(C)C. The predicted molar refractivity (Wildman–Crippen MR) is 119 cm³/mol. The van der Waals surface area contributed by atoms with Crippen LogP contribution in [0.4, 0.5) is 0 Å². The number of amides is 1. The summed E-state index contributed by atoms with van der Waals surface area (Å²) in [5.41, 5.74) is 6.33. The van der Waals surface area contributed by atoms with Gasteiger partial charge in [0.05, 0.1) is 13.0 Å². The monoisotopic (exact) mass is 397 g/mol. The summed E-state index contributed by atoms with van der Waals surface area (Å²) in [6.07, 6.45) is 2.75. The van der Waals surface area contributed by atoms with E-state index in [1.807, 2.05) is 13.0 Å². The highest BCUT2D eigenvalue weighted by Gasteiger charge is 2.34. The maximum Gasteiger partial charge on any atom is 0.306 e. The van der Waals surface area contributed by atoms with Gasteiger partial charge in [0, 0.05) is 6.42 Å². The van der Waals surface area contributed by atoms with Crippen molar-refractivity contribution in [3.05, 3.63) is 48.0 Å². The van der Waals surface area contributed by atoms with E-state index in [4.69, 9.17) is 10.5 Å². The molecule has 2 rings (SSSR count). The predicted octanol–water partition coefficient (Wildman–Crippen LogP) is 5.58. The molecule has 0 spiro atoms. The van der Waals surface area contributed by atoms with Crippen molar-refractivity contribution in [2.24, 2.45) is 17.1 Å². The number of esters is 1. The van der Waals surface area contributed by atoms with Crippen LogP contribution in [0.5, 0.6) is 0 Å². The Balaban J connectivity index is 1.96. The molecule has 4 heteroatoms. The maximum absolute atomic E-state index is 12.5. The van der Waals surface area contributed by atoms with Gasteiger partial charge in [0.15, 0.2) is 0 Å². The Labute approximate surface area is 174 Å². The number of hydrogen-bond acceptors (Lipinski definition) is 3. The second-order valence-corrected chi connectivity index (χ2v) is 8.75. The van der Waals surface area contributed by atoms with Gasteiger partial charge in [0.25, 0.3) is 0 Å². The first kappa shape index (κ1) is 22.9. The van der Waals surface area contributed by atoms with E-state index in [2.05, 4.69) is 57.2 Å². The fourth-order valence-electron chi connectivity index (χ4n) is 4.38. The third-order valence-corrected chi connectivity index (χ3v) is 5.83. The largest absolute Gasteiger partial charge is 0.466 e. The number of carbonyl (C=O) groups is 2. The number of carbonyl (C=O) groups excluding carboxylic acids is 2. The molecule has 158 valence electrons. The van der Waals surface area contributed by atoms with Gasteiger partial charge in [-0.15, -0.1) is 0 Å². The summed E-state index contributed by atoms with van der Waals surface area (Å²) in [7, 11) is 0. The van der Waals surface area contributed by atoms with Gasteiger partial charge in [-0.05, 0) is 52.8 Å². The fourth-order valence-corrected chi connectivity index (χ4v) is 4.38. The van der Waals surface area contributed by atoms with Gasteiger partial charge in [-0.3, -0.25) is 9.59 Å². The summed E-state index contributed by atoms with van der Waals surface area (Å²) in [4.78, 5) is 24.1. The Morgan fingerprint density at radius 2 is 1.72 bits per heavy atom. The van der Waals surface area contributed by atoms with Crippen LogP contribution in [0.1, 0.15) is 71.3 Å². The number of fused-ring (bicyclic) bond motifs is 1. The number of hydrogen-bond donors (Lipinski definition) is 1. The van der Waals surface area contributed by atoms with Crippen molar-refractivity contribution in [3.63, 3.8) is 0 Å². The van der Waals surface area contributed by atoms with E-state index in [0.29, 0.717) is 12.5 Å². The highest BCUT2D eigenvalue weighted by molar-refractivity contribution is 5.86. The van der Waals surface area contributed by atoms with Crippen LogP contribution in [0, 0.1) is 11.3 Å². The Bertz CT molecular complexity index is 824. The number of primary amides is 1. The van der Waals surface area contributed by atoms with Gasteiger partial charge in [-0.25, -0.2) is 0 Å². The van der Waals surface area contributed by atoms with Gasteiger partial charge >= 0.3 is 5.97 Å². The molecule has 0 fully saturated rings. The quantitative estimate of drug-likeness (QED) is 0.503. The lowest BCUT2D eigenvalue weighted by molar-refractivity contribution is -0.147. The minimum Gasteiger partial charge on any atom is -0.466 e. The van der Waals surface area contributed by atoms with Gasteiger partial charge < -0.3 is 10.5 Å². The lowest BCUT2D eigenvalue weighted by Crippen LogP contribution is -2.32. The topological polar surface area (TPSA) is 69.4 Å². The molecule has 2 unspecified atom stereocenters. The normalized spacial score (nSPS) is 14.5. The second kappa shape index (κ2) is 10.4. The van der Waals surface area contributed by atoms with Crippen LogP contribution in [-0.2, 0) is 14.3 Å². The maximum atomic E-state index is 12.5. The molecule has 2 atom stereocenters. The summed E-state index contributed by atoms with van der Waals surface area (Å²) in [5.74, 6) is 0.0725. The van der Waals surface area contributed by atoms with E-state index >= 15 is 0 Å². The molecule has 0 radical (unpaired) electrons. The lowest BCUT2D eigenvalue weighted by Gasteiger charge is -2.32. The van der Waals surface area contributed by atoms with Crippen molar-refractivity contribution in [1.82, 2.24) is 0 Å². The summed E-state index contributed by atoms with van der Waals surface area (Å²) in [5, 5.41) is 2.47. The summed E-state index contributed by atoms with van der Waals surface area (Å²) >= 11 is 0. The minimum absolute atomic E-state index is 0.225. The first-order chi connectivity index (χ1) is 13.8. The van der Waals surface area contributed by atoms with E-state index in [0.717, 1.165) is 19.3 Å². The van der Waals surface area contributed by atoms with E-state index < -0.39 is 5.41 Å². The van der Waals surface area contributed by atoms with Gasteiger partial charge in [0.2, 0.25) is 5.91 Å². The molecule has 0 bridgehead atoms. The Morgan fingerprint density at radius 1 is 1.03 bits per heavy atom. The molecule has 2 aromatic rings. The smallest absolute Gasteiger partial charge is 0.306 e. The minimum atomic E-state index is -0.404. The molecule has 0 aliphatic rings. The van der Waals surface area contributed by atoms with Gasteiger partial charge in [-0.2, -0.15) is 0 Å². The molecule has 0 saturated heterocycles. The lowest BCUT2D eigenvalue weighted by atomic mass is 9.72. The summed E-state index contributed by atoms with van der Waals surface area (Å²) in [6, 6.07) is 14.7. The molecule has 29 heavy (non-hydrogen) atoms. The van der Waals surface area contributed by atoms with Crippen molar-refractivity contribution < 1.29 is 14.3 Å². The third kappa shape index (κ3) is 6.59. The number of rotatable bonds is 11. The highest BCUT2D eigenvalue weighted by Crippen LogP contribution is 2.38. The summed E-state index contributed by atoms with van der Waals surface area (Å²) < 4.78 is 5.58. The molecule has 0 aliphatic carbocycles. The van der Waals surface area contributed by atoms with Gasteiger partial charge in [0.1, 0.15) is 0 Å². The molecular weight excluding hydrogens is 362 g/mol. The Hall–Kier alpha value is -2.36. The zero-order valence-electron chi connectivity index (χ0n) is 18.2. The average Bonchev–Trinajstić information content (AvgIpc) is 2.66. The zero-order chi connectivity index (χ0) is 21.4. The van der Waals surface area contributed by atoms with Crippen LogP contribution >= 0.6 is 0 Å². The van der Waals surface area contributed by atoms with E-state index in [1.165, 1.54) is 16.3 Å². The van der Waals surface area contributed by atoms with Crippen LogP contribution in [0.3, 0.4) is 0 Å². The molecule has 0 heterocycles. The van der Waals surface area contributed by atoms with Crippen molar-refractivity contribution in [2.45, 2.75) is 65.7 Å². The number of nitrogens with two attached hydrogens (primary N) is 1. The Morgan fingerprint density at radius 3 is 2.38 bits per heavy atom. The third-order valence-electron chi connectivity index (χ3n) is 5.83. The molecule has 0 aromatic heterocycles. The second-order valence-electron chi connectivity index (χ2n) is 8.75. The number of benzene rings is 2. The standard InChI is InChI=1S/C25H35NO3/c1-5-25(15-18(2)3,16-23(26)27)17-24(28)29-14-13-19(4)21-12-8-10-20-9-6-7-11-22(20)21/h6-12,18-19H,5,13-17H2,1-4H3,(H2,26,27). The average molecular weight is 398 g/mol. The van der Waals surface area contributed by atoms with Crippen LogP contribution in [-0.4, -0.2) is 18.5 Å². The van der Waals surface area contributed by atoms with Crippen LogP contribution in [0.25, 0.3) is 10.8 Å². The van der Waals surface area contributed by atoms with E-state index in [1.54, 1.807) is 0 Å². The Kier molecular flexibility index (Phi) is 8.24. The van der Waals surface area contributed by atoms with Crippen molar-refractivity contribution in [2.75, 3.05) is 6.61 Å². The highest BCUT2D eigenvalue weighted by atomic mass is 16.5. The van der Waals surface area contributed by atoms with Crippen LogP contribution in [0.2, 0.25) is 0 Å². The molecular formula is C25H35NO3.